The summed E-state index contributed by atoms with van der Waals surface area (Å²) in [5, 5.41) is 0. The molecule has 0 spiro atoms. The Balaban J connectivity index is 4.06. The Kier molecular flexibility index (Phi) is 4.66. The van der Waals surface area contributed by atoms with Gasteiger partial charge in [0, 0.05) is 5.92 Å². The minimum Gasteiger partial charge on any atom is -0.300 e. The molecule has 1 heteroatoms. The number of carbonyl (C=O) groups is 1. The van der Waals surface area contributed by atoms with Crippen LogP contribution in [0.2, 0.25) is 0 Å². The second-order valence-corrected chi connectivity index (χ2v) is 5.56. The molecule has 1 unspecified atom stereocenters. The fourth-order valence-corrected chi connectivity index (χ4v) is 1.59. The van der Waals surface area contributed by atoms with Crippen LogP contribution in [0.5, 0.6) is 0 Å². The number of carbonyl (C=O) groups excluding carboxylic acids is 1. The van der Waals surface area contributed by atoms with E-state index in [4.69, 9.17) is 0 Å². The molecule has 0 amide bonds. The zero-order chi connectivity index (χ0) is 10.6. The van der Waals surface area contributed by atoms with Crippen molar-refractivity contribution in [1.82, 2.24) is 0 Å². The molecule has 0 aliphatic carbocycles. The Labute approximate surface area is 82.9 Å². The van der Waals surface area contributed by atoms with Crippen LogP contribution in [0.1, 0.15) is 54.4 Å². The van der Waals surface area contributed by atoms with Gasteiger partial charge in [-0.25, -0.2) is 0 Å². The van der Waals surface area contributed by atoms with E-state index in [0.29, 0.717) is 17.1 Å². The third kappa shape index (κ3) is 5.84. The highest BCUT2D eigenvalue weighted by atomic mass is 16.1. The molecule has 0 N–H and O–H groups in total. The first-order valence-electron chi connectivity index (χ1n) is 5.24. The van der Waals surface area contributed by atoms with Crippen molar-refractivity contribution in [3.05, 3.63) is 0 Å². The minimum atomic E-state index is 0.263. The van der Waals surface area contributed by atoms with Crippen molar-refractivity contribution in [3.8, 4) is 0 Å². The van der Waals surface area contributed by atoms with Gasteiger partial charge in [0.05, 0.1) is 0 Å². The van der Waals surface area contributed by atoms with Gasteiger partial charge in [0.2, 0.25) is 0 Å². The van der Waals surface area contributed by atoms with Gasteiger partial charge in [0.1, 0.15) is 5.78 Å². The molecule has 0 aromatic carbocycles. The van der Waals surface area contributed by atoms with E-state index in [-0.39, 0.29) is 5.92 Å². The monoisotopic (exact) mass is 184 g/mol. The predicted octanol–water partition coefficient (Wildman–Crippen LogP) is 3.67. The lowest BCUT2D eigenvalue weighted by Crippen LogP contribution is -2.20. The molecule has 0 aromatic heterocycles. The topological polar surface area (TPSA) is 17.1 Å². The summed E-state index contributed by atoms with van der Waals surface area (Å²) in [6, 6.07) is 0. The SMILES string of the molecule is CC(=O)C(CCC(C)(C)C)C(C)C. The highest BCUT2D eigenvalue weighted by Gasteiger charge is 2.21. The molecule has 78 valence electrons. The maximum absolute atomic E-state index is 11.3. The van der Waals surface area contributed by atoms with Gasteiger partial charge in [-0.1, -0.05) is 34.6 Å². The Morgan fingerprint density at radius 3 is 1.92 bits per heavy atom. The lowest BCUT2D eigenvalue weighted by atomic mass is 9.81. The fraction of sp³-hybridized carbons (Fsp3) is 0.917. The van der Waals surface area contributed by atoms with Gasteiger partial charge in [-0.15, -0.1) is 0 Å². The Hall–Kier alpha value is -0.330. The lowest BCUT2D eigenvalue weighted by Gasteiger charge is -2.23. The molecule has 0 aromatic rings. The van der Waals surface area contributed by atoms with Crippen molar-refractivity contribution < 1.29 is 4.79 Å². The molecule has 0 radical (unpaired) electrons. The standard InChI is InChI=1S/C12H24O/c1-9(2)11(10(3)13)7-8-12(4,5)6/h9,11H,7-8H2,1-6H3. The zero-order valence-corrected chi connectivity index (χ0v) is 9.98. The second kappa shape index (κ2) is 4.78. The first-order chi connectivity index (χ1) is 5.74. The molecule has 0 aliphatic heterocycles. The van der Waals surface area contributed by atoms with Crippen LogP contribution in [-0.2, 0) is 4.79 Å². The number of ketones is 1. The summed E-state index contributed by atoms with van der Waals surface area (Å²) >= 11 is 0. The van der Waals surface area contributed by atoms with E-state index in [2.05, 4.69) is 34.6 Å². The van der Waals surface area contributed by atoms with E-state index in [1.54, 1.807) is 6.92 Å². The van der Waals surface area contributed by atoms with Crippen LogP contribution in [0, 0.1) is 17.3 Å². The molecule has 0 fully saturated rings. The van der Waals surface area contributed by atoms with Crippen molar-refractivity contribution in [2.45, 2.75) is 54.4 Å². The van der Waals surface area contributed by atoms with E-state index in [1.807, 2.05) is 0 Å². The normalized spacial score (nSPS) is 14.7. The van der Waals surface area contributed by atoms with Crippen LogP contribution in [0.3, 0.4) is 0 Å². The highest BCUT2D eigenvalue weighted by Crippen LogP contribution is 2.27. The summed E-state index contributed by atoms with van der Waals surface area (Å²) in [4.78, 5) is 11.3. The number of Topliss-reactive ketones (excluding diaryl/α,β-unsaturated/α-hetero) is 1. The minimum absolute atomic E-state index is 0.263. The van der Waals surface area contributed by atoms with Crippen molar-refractivity contribution in [3.63, 3.8) is 0 Å². The van der Waals surface area contributed by atoms with Crippen LogP contribution < -0.4 is 0 Å². The van der Waals surface area contributed by atoms with Gasteiger partial charge in [0.25, 0.3) is 0 Å². The molecular formula is C12H24O. The van der Waals surface area contributed by atoms with Crippen LogP contribution in [-0.4, -0.2) is 5.78 Å². The quantitative estimate of drug-likeness (QED) is 0.651. The van der Waals surface area contributed by atoms with Gasteiger partial charge in [0.15, 0.2) is 0 Å². The summed E-state index contributed by atoms with van der Waals surface area (Å²) in [5.74, 6) is 1.10. The smallest absolute Gasteiger partial charge is 0.133 e. The van der Waals surface area contributed by atoms with E-state index >= 15 is 0 Å². The molecular weight excluding hydrogens is 160 g/mol. The molecule has 0 saturated heterocycles. The predicted molar refractivity (Wildman–Crippen MR) is 57.7 cm³/mol. The first kappa shape index (κ1) is 12.7. The van der Waals surface area contributed by atoms with Crippen LogP contribution in [0.15, 0.2) is 0 Å². The summed E-state index contributed by atoms with van der Waals surface area (Å²) in [5.41, 5.74) is 0.350. The number of rotatable bonds is 4. The number of hydrogen-bond donors (Lipinski definition) is 0. The molecule has 1 nitrogen and oxygen atoms in total. The van der Waals surface area contributed by atoms with Crippen molar-refractivity contribution in [2.24, 2.45) is 17.3 Å². The maximum atomic E-state index is 11.3. The molecule has 0 heterocycles. The Bertz CT molecular complexity index is 162. The average molecular weight is 184 g/mol. The third-order valence-electron chi connectivity index (χ3n) is 2.53. The molecule has 0 aliphatic rings. The summed E-state index contributed by atoms with van der Waals surface area (Å²) < 4.78 is 0. The second-order valence-electron chi connectivity index (χ2n) is 5.56. The summed E-state index contributed by atoms with van der Waals surface area (Å²) in [6.45, 7) is 12.7. The van der Waals surface area contributed by atoms with Gasteiger partial charge in [-0.3, -0.25) is 4.79 Å². The summed E-state index contributed by atoms with van der Waals surface area (Å²) in [7, 11) is 0. The van der Waals surface area contributed by atoms with Gasteiger partial charge >= 0.3 is 0 Å². The zero-order valence-electron chi connectivity index (χ0n) is 9.98. The van der Waals surface area contributed by atoms with E-state index < -0.39 is 0 Å². The molecule has 13 heavy (non-hydrogen) atoms. The maximum Gasteiger partial charge on any atom is 0.133 e. The van der Waals surface area contributed by atoms with Crippen molar-refractivity contribution in [1.29, 1.82) is 0 Å². The highest BCUT2D eigenvalue weighted by molar-refractivity contribution is 5.78. The average Bonchev–Trinajstić information content (AvgIpc) is 1.82. The number of hydrogen-bond acceptors (Lipinski definition) is 1. The van der Waals surface area contributed by atoms with Crippen LogP contribution >= 0.6 is 0 Å². The fourth-order valence-electron chi connectivity index (χ4n) is 1.59. The molecule has 0 rings (SSSR count). The molecule has 0 saturated carbocycles. The van der Waals surface area contributed by atoms with Gasteiger partial charge in [-0.2, -0.15) is 0 Å². The van der Waals surface area contributed by atoms with E-state index in [0.717, 1.165) is 12.8 Å². The Morgan fingerprint density at radius 1 is 1.23 bits per heavy atom. The first-order valence-corrected chi connectivity index (χ1v) is 5.24. The molecule has 1 atom stereocenters. The van der Waals surface area contributed by atoms with Crippen LogP contribution in [0.25, 0.3) is 0 Å². The van der Waals surface area contributed by atoms with E-state index in [1.165, 1.54) is 0 Å². The van der Waals surface area contributed by atoms with Crippen molar-refractivity contribution in [2.75, 3.05) is 0 Å². The third-order valence-corrected chi connectivity index (χ3v) is 2.53. The molecule has 0 bridgehead atoms. The van der Waals surface area contributed by atoms with E-state index in [9.17, 15) is 4.79 Å². The Morgan fingerprint density at radius 2 is 1.69 bits per heavy atom. The lowest BCUT2D eigenvalue weighted by molar-refractivity contribution is -0.122. The summed E-state index contributed by atoms with van der Waals surface area (Å²) in [6.07, 6.45) is 2.17. The van der Waals surface area contributed by atoms with Gasteiger partial charge in [-0.05, 0) is 31.1 Å². The van der Waals surface area contributed by atoms with Crippen molar-refractivity contribution >= 4 is 5.78 Å². The van der Waals surface area contributed by atoms with Crippen LogP contribution in [0.4, 0.5) is 0 Å². The largest absolute Gasteiger partial charge is 0.300 e. The van der Waals surface area contributed by atoms with Gasteiger partial charge < -0.3 is 0 Å².